The number of hydrogen-bond acceptors (Lipinski definition) is 6. The standard InChI is InChI=1S/C16H23N5O3S2/c1-11-8-15(19(3)18-11)20-7-5-6-14(16(20)22)21(26(4,23)24)9-13-10-25-12(2)17-13/h8,10,14H,5-7,9H2,1-4H3. The Labute approximate surface area is 157 Å². The lowest BCUT2D eigenvalue weighted by molar-refractivity contribution is -0.123. The summed E-state index contributed by atoms with van der Waals surface area (Å²) < 4.78 is 27.8. The molecule has 1 amide bonds. The highest BCUT2D eigenvalue weighted by molar-refractivity contribution is 7.88. The van der Waals surface area contributed by atoms with Crippen LogP contribution in [0.25, 0.3) is 0 Å². The van der Waals surface area contributed by atoms with Gasteiger partial charge in [0.25, 0.3) is 0 Å². The van der Waals surface area contributed by atoms with Crippen molar-refractivity contribution in [1.82, 2.24) is 19.1 Å². The predicted molar refractivity (Wildman–Crippen MR) is 101 cm³/mol. The van der Waals surface area contributed by atoms with Gasteiger partial charge < -0.3 is 0 Å². The average molecular weight is 398 g/mol. The van der Waals surface area contributed by atoms with E-state index in [9.17, 15) is 13.2 Å². The fourth-order valence-electron chi connectivity index (χ4n) is 3.30. The van der Waals surface area contributed by atoms with E-state index in [-0.39, 0.29) is 12.5 Å². The molecule has 0 bridgehead atoms. The topological polar surface area (TPSA) is 88.4 Å². The number of piperidine rings is 1. The van der Waals surface area contributed by atoms with E-state index in [1.54, 1.807) is 16.6 Å². The minimum absolute atomic E-state index is 0.109. The van der Waals surface area contributed by atoms with Crippen molar-refractivity contribution in [3.63, 3.8) is 0 Å². The molecule has 10 heteroatoms. The molecule has 1 aliphatic rings. The van der Waals surface area contributed by atoms with Crippen molar-refractivity contribution in [3.8, 4) is 0 Å². The first-order valence-corrected chi connectivity index (χ1v) is 11.1. The summed E-state index contributed by atoms with van der Waals surface area (Å²) in [6.45, 7) is 4.40. The van der Waals surface area contributed by atoms with Crippen molar-refractivity contribution in [3.05, 3.63) is 27.8 Å². The van der Waals surface area contributed by atoms with Gasteiger partial charge in [0.15, 0.2) is 0 Å². The molecular weight excluding hydrogens is 374 g/mol. The zero-order chi connectivity index (χ0) is 19.1. The molecule has 0 radical (unpaired) electrons. The van der Waals surface area contributed by atoms with E-state index < -0.39 is 16.1 Å². The van der Waals surface area contributed by atoms with E-state index in [1.807, 2.05) is 25.3 Å². The number of aromatic nitrogens is 3. The van der Waals surface area contributed by atoms with Crippen LogP contribution in [0.1, 0.15) is 29.2 Å². The summed E-state index contributed by atoms with van der Waals surface area (Å²) >= 11 is 1.47. The first-order valence-electron chi connectivity index (χ1n) is 8.36. The maximum absolute atomic E-state index is 13.1. The molecule has 0 aromatic carbocycles. The van der Waals surface area contributed by atoms with Gasteiger partial charge in [-0.25, -0.2) is 13.4 Å². The normalized spacial score (nSPS) is 18.7. The van der Waals surface area contributed by atoms with Crippen LogP contribution < -0.4 is 4.90 Å². The van der Waals surface area contributed by atoms with Crippen LogP contribution in [0.15, 0.2) is 11.4 Å². The molecule has 26 heavy (non-hydrogen) atoms. The highest BCUT2D eigenvalue weighted by Crippen LogP contribution is 2.26. The molecule has 3 heterocycles. The molecule has 0 aliphatic carbocycles. The maximum atomic E-state index is 13.1. The number of nitrogens with zero attached hydrogens (tertiary/aromatic N) is 5. The summed E-state index contributed by atoms with van der Waals surface area (Å²) in [4.78, 5) is 19.1. The number of amides is 1. The molecule has 0 saturated carbocycles. The fraction of sp³-hybridized carbons (Fsp3) is 0.562. The van der Waals surface area contributed by atoms with Gasteiger partial charge in [0.1, 0.15) is 11.9 Å². The van der Waals surface area contributed by atoms with Crippen LogP contribution in [0.4, 0.5) is 5.82 Å². The molecule has 0 spiro atoms. The molecule has 1 atom stereocenters. The Bertz CT molecular complexity index is 918. The van der Waals surface area contributed by atoms with Crippen molar-refractivity contribution < 1.29 is 13.2 Å². The summed E-state index contributed by atoms with van der Waals surface area (Å²) in [5.74, 6) is 0.479. The summed E-state index contributed by atoms with van der Waals surface area (Å²) in [5, 5.41) is 7.00. The molecule has 3 rings (SSSR count). The summed E-state index contributed by atoms with van der Waals surface area (Å²) in [6, 6.07) is 1.12. The first kappa shape index (κ1) is 19.0. The molecule has 2 aromatic heterocycles. The SMILES string of the molecule is Cc1cc(N2CCCC(N(Cc3csc(C)n3)S(C)(=O)=O)C2=O)n(C)n1. The summed E-state index contributed by atoms with van der Waals surface area (Å²) in [6.07, 6.45) is 2.37. The van der Waals surface area contributed by atoms with Crippen molar-refractivity contribution in [2.24, 2.45) is 7.05 Å². The van der Waals surface area contributed by atoms with Crippen molar-refractivity contribution in [1.29, 1.82) is 0 Å². The quantitative estimate of drug-likeness (QED) is 0.762. The van der Waals surface area contributed by atoms with Crippen LogP contribution in [0.5, 0.6) is 0 Å². The largest absolute Gasteiger partial charge is 0.296 e. The molecule has 1 fully saturated rings. The summed E-state index contributed by atoms with van der Waals surface area (Å²) in [7, 11) is -1.79. The lowest BCUT2D eigenvalue weighted by Crippen LogP contribution is -2.54. The first-order chi connectivity index (χ1) is 12.2. The van der Waals surface area contributed by atoms with Crippen LogP contribution in [0.3, 0.4) is 0 Å². The van der Waals surface area contributed by atoms with Crippen LogP contribution in [-0.4, -0.2) is 52.2 Å². The maximum Gasteiger partial charge on any atom is 0.246 e. The number of thiazole rings is 1. The van der Waals surface area contributed by atoms with Gasteiger partial charge in [0.05, 0.1) is 29.2 Å². The van der Waals surface area contributed by atoms with Crippen molar-refractivity contribution in [2.45, 2.75) is 39.3 Å². The zero-order valence-corrected chi connectivity index (χ0v) is 17.0. The van der Waals surface area contributed by atoms with E-state index in [1.165, 1.54) is 15.6 Å². The van der Waals surface area contributed by atoms with Gasteiger partial charge in [-0.2, -0.15) is 9.40 Å². The van der Waals surface area contributed by atoms with Gasteiger partial charge in [-0.1, -0.05) is 0 Å². The van der Waals surface area contributed by atoms with Gasteiger partial charge in [-0.3, -0.25) is 14.4 Å². The van der Waals surface area contributed by atoms with Gasteiger partial charge >= 0.3 is 0 Å². The van der Waals surface area contributed by atoms with E-state index in [0.29, 0.717) is 24.5 Å². The molecule has 142 valence electrons. The van der Waals surface area contributed by atoms with Gasteiger partial charge in [-0.05, 0) is 26.7 Å². The van der Waals surface area contributed by atoms with E-state index in [2.05, 4.69) is 10.1 Å². The molecule has 1 aliphatic heterocycles. The molecule has 1 saturated heterocycles. The average Bonchev–Trinajstić information content (AvgIpc) is 3.09. The molecular formula is C16H23N5O3S2. The molecule has 2 aromatic rings. The zero-order valence-electron chi connectivity index (χ0n) is 15.3. The number of anilines is 1. The number of rotatable bonds is 5. The van der Waals surface area contributed by atoms with Crippen molar-refractivity contribution in [2.75, 3.05) is 17.7 Å². The van der Waals surface area contributed by atoms with E-state index in [0.717, 1.165) is 23.4 Å². The highest BCUT2D eigenvalue weighted by atomic mass is 32.2. The third-order valence-electron chi connectivity index (χ3n) is 4.42. The van der Waals surface area contributed by atoms with Gasteiger partial charge in [-0.15, -0.1) is 11.3 Å². The Hall–Kier alpha value is -1.78. The number of hydrogen-bond donors (Lipinski definition) is 0. The van der Waals surface area contributed by atoms with Crippen LogP contribution in [0.2, 0.25) is 0 Å². The number of aryl methyl sites for hydroxylation is 3. The summed E-state index contributed by atoms with van der Waals surface area (Å²) in [5.41, 5.74) is 1.48. The van der Waals surface area contributed by atoms with Gasteiger partial charge in [0, 0.05) is 25.0 Å². The second kappa shape index (κ2) is 7.09. The minimum Gasteiger partial charge on any atom is -0.296 e. The fourth-order valence-corrected chi connectivity index (χ4v) is 4.93. The number of sulfonamides is 1. The molecule has 1 unspecified atom stereocenters. The van der Waals surface area contributed by atoms with Crippen LogP contribution in [-0.2, 0) is 28.4 Å². The minimum atomic E-state index is -3.57. The predicted octanol–water partition coefficient (Wildman–Crippen LogP) is 1.45. The smallest absolute Gasteiger partial charge is 0.246 e. The van der Waals surface area contributed by atoms with E-state index in [4.69, 9.17) is 0 Å². The molecule has 0 N–H and O–H groups in total. The third kappa shape index (κ3) is 3.81. The number of carbonyl (C=O) groups is 1. The Kier molecular flexibility index (Phi) is 5.18. The van der Waals surface area contributed by atoms with Crippen LogP contribution in [0, 0.1) is 13.8 Å². The monoisotopic (exact) mass is 397 g/mol. The van der Waals surface area contributed by atoms with Crippen molar-refractivity contribution >= 4 is 33.1 Å². The molecule has 8 nitrogen and oxygen atoms in total. The van der Waals surface area contributed by atoms with Crippen LogP contribution >= 0.6 is 11.3 Å². The second-order valence-corrected chi connectivity index (χ2v) is 9.58. The Morgan fingerprint density at radius 2 is 2.12 bits per heavy atom. The van der Waals surface area contributed by atoms with E-state index >= 15 is 0 Å². The Balaban J connectivity index is 1.91. The lowest BCUT2D eigenvalue weighted by atomic mass is 10.0. The lowest BCUT2D eigenvalue weighted by Gasteiger charge is -2.36. The highest BCUT2D eigenvalue weighted by Gasteiger charge is 2.39. The Morgan fingerprint density at radius 1 is 1.38 bits per heavy atom. The second-order valence-electron chi connectivity index (χ2n) is 6.58. The number of carbonyl (C=O) groups excluding carboxylic acids is 1. The van der Waals surface area contributed by atoms with Gasteiger partial charge in [0.2, 0.25) is 15.9 Å². The third-order valence-corrected chi connectivity index (χ3v) is 6.48. The Morgan fingerprint density at radius 3 is 2.65 bits per heavy atom.